The lowest BCUT2D eigenvalue weighted by Crippen LogP contribution is -2.36. The third-order valence-electron chi connectivity index (χ3n) is 3.02. The van der Waals surface area contributed by atoms with Crippen LogP contribution in [-0.4, -0.2) is 29.2 Å². The van der Waals surface area contributed by atoms with Gasteiger partial charge in [0.05, 0.1) is 0 Å². The van der Waals surface area contributed by atoms with Crippen LogP contribution in [-0.2, 0) is 14.4 Å². The first-order valence-electron chi connectivity index (χ1n) is 5.96. The maximum atomic E-state index is 11.8. The highest BCUT2D eigenvalue weighted by Gasteiger charge is 2.30. The molecule has 1 saturated heterocycles. The van der Waals surface area contributed by atoms with Crippen LogP contribution >= 0.6 is 0 Å². The van der Waals surface area contributed by atoms with Crippen LogP contribution in [0.2, 0.25) is 0 Å². The molecule has 0 atom stereocenters. The fourth-order valence-corrected chi connectivity index (χ4v) is 1.86. The number of carbonyl (C=O) groups is 3. The van der Waals surface area contributed by atoms with E-state index in [4.69, 9.17) is 5.73 Å². The number of likely N-dealkylation sites (tertiary alicyclic amines) is 1. The molecule has 0 radical (unpaired) electrons. The second kappa shape index (κ2) is 5.09. The summed E-state index contributed by atoms with van der Waals surface area (Å²) in [5, 5.41) is 2.61. The lowest BCUT2D eigenvalue weighted by Gasteiger charge is -2.13. The van der Waals surface area contributed by atoms with Crippen LogP contribution in [0.3, 0.4) is 0 Å². The van der Waals surface area contributed by atoms with Gasteiger partial charge in [0.1, 0.15) is 6.54 Å². The van der Waals surface area contributed by atoms with Crippen LogP contribution < -0.4 is 11.1 Å². The second-order valence-electron chi connectivity index (χ2n) is 4.49. The topological polar surface area (TPSA) is 92.5 Å². The molecule has 0 unspecified atom stereocenters. The van der Waals surface area contributed by atoms with Crippen LogP contribution in [0.25, 0.3) is 0 Å². The van der Waals surface area contributed by atoms with Crippen molar-refractivity contribution in [3.63, 3.8) is 0 Å². The molecule has 2 rings (SSSR count). The van der Waals surface area contributed by atoms with Gasteiger partial charge in [-0.3, -0.25) is 19.3 Å². The molecular formula is C13H15N3O3. The first-order valence-corrected chi connectivity index (χ1v) is 5.96. The van der Waals surface area contributed by atoms with E-state index in [1.165, 1.54) is 0 Å². The van der Waals surface area contributed by atoms with Crippen molar-refractivity contribution in [1.82, 2.24) is 4.90 Å². The summed E-state index contributed by atoms with van der Waals surface area (Å²) in [6.07, 6.45) is 0.368. The van der Waals surface area contributed by atoms with Gasteiger partial charge in [-0.05, 0) is 24.6 Å². The molecule has 0 spiro atoms. The average Bonchev–Trinajstić information content (AvgIpc) is 2.66. The Morgan fingerprint density at radius 2 is 1.95 bits per heavy atom. The van der Waals surface area contributed by atoms with Gasteiger partial charge in [-0.2, -0.15) is 0 Å². The van der Waals surface area contributed by atoms with Crippen molar-refractivity contribution in [3.8, 4) is 0 Å². The molecule has 3 N–H and O–H groups in total. The zero-order valence-corrected chi connectivity index (χ0v) is 10.6. The van der Waals surface area contributed by atoms with E-state index in [2.05, 4.69) is 5.32 Å². The molecule has 1 aromatic rings. The van der Waals surface area contributed by atoms with Crippen LogP contribution in [0.1, 0.15) is 18.4 Å². The zero-order chi connectivity index (χ0) is 14.0. The van der Waals surface area contributed by atoms with Gasteiger partial charge in [0.15, 0.2) is 0 Å². The number of hydrogen-bond acceptors (Lipinski definition) is 4. The van der Waals surface area contributed by atoms with Gasteiger partial charge in [-0.15, -0.1) is 0 Å². The quantitative estimate of drug-likeness (QED) is 0.617. The number of rotatable bonds is 3. The zero-order valence-electron chi connectivity index (χ0n) is 10.6. The first-order chi connectivity index (χ1) is 8.97. The van der Waals surface area contributed by atoms with E-state index in [1.54, 1.807) is 18.2 Å². The normalized spacial score (nSPS) is 14.9. The Morgan fingerprint density at radius 1 is 1.32 bits per heavy atom. The maximum Gasteiger partial charge on any atom is 0.244 e. The van der Waals surface area contributed by atoms with Crippen LogP contribution in [0.4, 0.5) is 11.4 Å². The highest BCUT2D eigenvalue weighted by atomic mass is 16.2. The van der Waals surface area contributed by atoms with Gasteiger partial charge in [-0.25, -0.2) is 0 Å². The Hall–Kier alpha value is -2.37. The van der Waals surface area contributed by atoms with Gasteiger partial charge < -0.3 is 11.1 Å². The number of nitrogens with two attached hydrogens (primary N) is 1. The van der Waals surface area contributed by atoms with E-state index in [9.17, 15) is 14.4 Å². The van der Waals surface area contributed by atoms with Crippen molar-refractivity contribution in [2.45, 2.75) is 19.8 Å². The maximum absolute atomic E-state index is 11.8. The molecule has 0 aliphatic carbocycles. The predicted molar refractivity (Wildman–Crippen MR) is 70.2 cm³/mol. The average molecular weight is 261 g/mol. The first kappa shape index (κ1) is 13.1. The molecule has 6 nitrogen and oxygen atoms in total. The van der Waals surface area contributed by atoms with E-state index >= 15 is 0 Å². The lowest BCUT2D eigenvalue weighted by molar-refractivity contribution is -0.141. The van der Waals surface area contributed by atoms with E-state index in [-0.39, 0.29) is 31.2 Å². The summed E-state index contributed by atoms with van der Waals surface area (Å²) in [6, 6.07) is 5.15. The SMILES string of the molecule is Cc1ccc(NC(=O)CN2C(=O)CCC2=O)cc1N. The molecule has 0 saturated carbocycles. The lowest BCUT2D eigenvalue weighted by atomic mass is 10.2. The van der Waals surface area contributed by atoms with E-state index in [0.717, 1.165) is 10.5 Å². The van der Waals surface area contributed by atoms with E-state index in [0.29, 0.717) is 11.4 Å². The van der Waals surface area contributed by atoms with E-state index < -0.39 is 5.91 Å². The number of anilines is 2. The van der Waals surface area contributed by atoms with Crippen molar-refractivity contribution in [1.29, 1.82) is 0 Å². The van der Waals surface area contributed by atoms with Crippen molar-refractivity contribution in [2.75, 3.05) is 17.6 Å². The minimum absolute atomic E-state index is 0.184. The minimum atomic E-state index is -0.410. The molecule has 1 heterocycles. The summed E-state index contributed by atoms with van der Waals surface area (Å²) in [5.74, 6) is -1.01. The Morgan fingerprint density at radius 3 is 2.53 bits per heavy atom. The Bertz CT molecular complexity index is 538. The summed E-state index contributed by atoms with van der Waals surface area (Å²) in [6.45, 7) is 1.62. The Labute approximate surface area is 110 Å². The largest absolute Gasteiger partial charge is 0.398 e. The molecule has 1 fully saturated rings. The van der Waals surface area contributed by atoms with Crippen LogP contribution in [0, 0.1) is 6.92 Å². The number of hydrogen-bond donors (Lipinski definition) is 2. The number of nitrogen functional groups attached to an aromatic ring is 1. The van der Waals surface area contributed by atoms with Crippen LogP contribution in [0.5, 0.6) is 0 Å². The number of amides is 3. The van der Waals surface area contributed by atoms with Gasteiger partial charge in [0.2, 0.25) is 17.7 Å². The molecule has 19 heavy (non-hydrogen) atoms. The number of benzene rings is 1. The third-order valence-corrected chi connectivity index (χ3v) is 3.02. The van der Waals surface area contributed by atoms with Crippen molar-refractivity contribution < 1.29 is 14.4 Å². The molecule has 0 aromatic heterocycles. The number of carbonyl (C=O) groups excluding carboxylic acids is 3. The van der Waals surface area contributed by atoms with Crippen molar-refractivity contribution in [2.24, 2.45) is 0 Å². The summed E-state index contributed by atoms with van der Waals surface area (Å²) in [4.78, 5) is 35.5. The molecular weight excluding hydrogens is 246 g/mol. The molecule has 1 aliphatic heterocycles. The minimum Gasteiger partial charge on any atom is -0.398 e. The third kappa shape index (κ3) is 2.90. The van der Waals surface area contributed by atoms with Crippen molar-refractivity contribution in [3.05, 3.63) is 23.8 Å². The fraction of sp³-hybridized carbons (Fsp3) is 0.308. The summed E-state index contributed by atoms with van der Waals surface area (Å²) < 4.78 is 0. The molecule has 0 bridgehead atoms. The summed E-state index contributed by atoms with van der Waals surface area (Å²) >= 11 is 0. The number of aryl methyl sites for hydroxylation is 1. The highest BCUT2D eigenvalue weighted by molar-refractivity contribution is 6.06. The monoisotopic (exact) mass is 261 g/mol. The van der Waals surface area contributed by atoms with Gasteiger partial charge >= 0.3 is 0 Å². The highest BCUT2D eigenvalue weighted by Crippen LogP contribution is 2.17. The van der Waals surface area contributed by atoms with E-state index in [1.807, 2.05) is 6.92 Å². The predicted octanol–water partition coefficient (Wildman–Crippen LogP) is 0.665. The standard InChI is InChI=1S/C13H15N3O3/c1-8-2-3-9(6-10(8)14)15-11(17)7-16-12(18)4-5-13(16)19/h2-3,6H,4-5,7,14H2,1H3,(H,15,17). The Balaban J connectivity index is 1.99. The molecule has 6 heteroatoms. The fourth-order valence-electron chi connectivity index (χ4n) is 1.86. The molecule has 1 aliphatic rings. The van der Waals surface area contributed by atoms with Crippen LogP contribution in [0.15, 0.2) is 18.2 Å². The number of nitrogens with zero attached hydrogens (tertiary/aromatic N) is 1. The number of nitrogens with one attached hydrogen (secondary N) is 1. The molecule has 3 amide bonds. The van der Waals surface area contributed by atoms with Gasteiger partial charge in [0, 0.05) is 24.2 Å². The van der Waals surface area contributed by atoms with Gasteiger partial charge in [0.25, 0.3) is 0 Å². The Kier molecular flexibility index (Phi) is 3.50. The summed E-state index contributed by atoms with van der Waals surface area (Å²) in [7, 11) is 0. The number of imide groups is 1. The second-order valence-corrected chi connectivity index (χ2v) is 4.49. The summed E-state index contributed by atoms with van der Waals surface area (Å²) in [5.41, 5.74) is 7.78. The smallest absolute Gasteiger partial charge is 0.244 e. The van der Waals surface area contributed by atoms with Gasteiger partial charge in [-0.1, -0.05) is 6.07 Å². The molecule has 100 valence electrons. The molecule has 1 aromatic carbocycles. The van der Waals surface area contributed by atoms with Crippen molar-refractivity contribution >= 4 is 29.1 Å².